The molecule has 1 aromatic heterocycles. The number of halogens is 2. The summed E-state index contributed by atoms with van der Waals surface area (Å²) in [5.74, 6) is 0.204. The van der Waals surface area contributed by atoms with Crippen LogP contribution in [0.1, 0.15) is 28.6 Å². The van der Waals surface area contributed by atoms with Crippen molar-refractivity contribution in [3.05, 3.63) is 51.6 Å². The van der Waals surface area contributed by atoms with E-state index in [2.05, 4.69) is 11.2 Å². The van der Waals surface area contributed by atoms with Gasteiger partial charge in [-0.2, -0.15) is 5.26 Å². The molecule has 2 rings (SSSR count). The molecule has 0 aliphatic carbocycles. The Morgan fingerprint density at radius 3 is 2.71 bits per heavy atom. The van der Waals surface area contributed by atoms with Gasteiger partial charge in [0.2, 0.25) is 0 Å². The number of nitriles is 1. The summed E-state index contributed by atoms with van der Waals surface area (Å²) in [4.78, 5) is 1.72. The highest BCUT2D eigenvalue weighted by Gasteiger charge is 2.24. The lowest BCUT2D eigenvalue weighted by molar-refractivity contribution is 0.275. The van der Waals surface area contributed by atoms with E-state index in [-0.39, 0.29) is 10.6 Å². The fraction of sp³-hybridized carbons (Fsp3) is 0.333. The van der Waals surface area contributed by atoms with Crippen LogP contribution in [0, 0.1) is 31.0 Å². The first-order chi connectivity index (χ1) is 9.95. The second-order valence-electron chi connectivity index (χ2n) is 4.88. The van der Waals surface area contributed by atoms with E-state index in [0.717, 1.165) is 11.3 Å². The topological polar surface area (TPSA) is 53.1 Å². The van der Waals surface area contributed by atoms with E-state index in [1.165, 1.54) is 12.1 Å². The van der Waals surface area contributed by atoms with Crippen LogP contribution < -0.4 is 0 Å². The zero-order valence-corrected chi connectivity index (χ0v) is 12.8. The van der Waals surface area contributed by atoms with Gasteiger partial charge in [0.1, 0.15) is 17.6 Å². The third kappa shape index (κ3) is 3.07. The largest absolute Gasteiger partial charge is 0.361 e. The smallest absolute Gasteiger partial charge is 0.138 e. The van der Waals surface area contributed by atoms with E-state index >= 15 is 0 Å². The van der Waals surface area contributed by atoms with Gasteiger partial charge in [-0.25, -0.2) is 4.39 Å². The molecule has 1 heterocycles. The lowest BCUT2D eigenvalue weighted by Gasteiger charge is -2.23. The van der Waals surface area contributed by atoms with E-state index in [4.69, 9.17) is 16.1 Å². The summed E-state index contributed by atoms with van der Waals surface area (Å²) in [6.45, 7) is 4.06. The molecule has 0 fully saturated rings. The van der Waals surface area contributed by atoms with Gasteiger partial charge in [0, 0.05) is 22.7 Å². The predicted octanol–water partition coefficient (Wildman–Crippen LogP) is 3.78. The Morgan fingerprint density at radius 1 is 1.48 bits per heavy atom. The van der Waals surface area contributed by atoms with Crippen LogP contribution in [0.25, 0.3) is 0 Å². The molecule has 0 spiro atoms. The van der Waals surface area contributed by atoms with Gasteiger partial charge >= 0.3 is 0 Å². The van der Waals surface area contributed by atoms with Crippen LogP contribution in [0.5, 0.6) is 0 Å². The maximum absolute atomic E-state index is 14.0. The average molecular weight is 308 g/mol. The Labute approximate surface area is 127 Å². The highest BCUT2D eigenvalue weighted by molar-refractivity contribution is 6.31. The van der Waals surface area contributed by atoms with Crippen molar-refractivity contribution in [1.29, 1.82) is 5.26 Å². The normalized spacial score (nSPS) is 12.4. The molecule has 1 atom stereocenters. The molecular weight excluding hydrogens is 293 g/mol. The van der Waals surface area contributed by atoms with E-state index in [9.17, 15) is 9.65 Å². The van der Waals surface area contributed by atoms with Crippen molar-refractivity contribution in [2.45, 2.75) is 26.4 Å². The summed E-state index contributed by atoms with van der Waals surface area (Å²) in [5, 5.41) is 13.5. The van der Waals surface area contributed by atoms with Crippen molar-refractivity contribution in [3.63, 3.8) is 0 Å². The molecule has 0 bridgehead atoms. The molecule has 0 radical (unpaired) electrons. The zero-order chi connectivity index (χ0) is 15.6. The minimum atomic E-state index is -0.785. The van der Waals surface area contributed by atoms with Gasteiger partial charge in [-0.15, -0.1) is 0 Å². The van der Waals surface area contributed by atoms with Gasteiger partial charge in [-0.3, -0.25) is 4.90 Å². The highest BCUT2D eigenvalue weighted by atomic mass is 35.5. The SMILES string of the molecule is Cc1noc(C)c1CN(C)C(C#N)c1c(F)cccc1Cl. The maximum atomic E-state index is 14.0. The molecule has 6 heteroatoms. The number of hydrogen-bond acceptors (Lipinski definition) is 4. The number of nitrogens with zero attached hydrogens (tertiary/aromatic N) is 3. The van der Waals surface area contributed by atoms with Crippen LogP contribution >= 0.6 is 11.6 Å². The lowest BCUT2D eigenvalue weighted by atomic mass is 10.0. The molecule has 4 nitrogen and oxygen atoms in total. The summed E-state index contributed by atoms with van der Waals surface area (Å²) >= 11 is 6.04. The highest BCUT2D eigenvalue weighted by Crippen LogP contribution is 2.30. The second-order valence-corrected chi connectivity index (χ2v) is 5.29. The first kappa shape index (κ1) is 15.5. The van der Waals surface area contributed by atoms with E-state index < -0.39 is 11.9 Å². The molecular formula is C15H15ClFN3O. The molecule has 0 N–H and O–H groups in total. The Bertz CT molecular complexity index is 653. The van der Waals surface area contributed by atoms with Gasteiger partial charge in [0.15, 0.2) is 0 Å². The Balaban J connectivity index is 2.32. The Kier molecular flexibility index (Phi) is 4.61. The van der Waals surface area contributed by atoms with Crippen LogP contribution in [0.2, 0.25) is 5.02 Å². The van der Waals surface area contributed by atoms with Crippen molar-refractivity contribution in [2.24, 2.45) is 0 Å². The van der Waals surface area contributed by atoms with E-state index in [1.807, 2.05) is 6.92 Å². The van der Waals surface area contributed by atoms with Crippen molar-refractivity contribution in [1.82, 2.24) is 10.1 Å². The monoisotopic (exact) mass is 307 g/mol. The fourth-order valence-electron chi connectivity index (χ4n) is 2.22. The maximum Gasteiger partial charge on any atom is 0.138 e. The summed E-state index contributed by atoms with van der Waals surface area (Å²) in [6, 6.07) is 5.71. The van der Waals surface area contributed by atoms with Gasteiger partial charge < -0.3 is 4.52 Å². The van der Waals surface area contributed by atoms with Crippen LogP contribution in [-0.2, 0) is 6.54 Å². The molecule has 110 valence electrons. The molecule has 0 saturated heterocycles. The van der Waals surface area contributed by atoms with Crippen molar-refractivity contribution >= 4 is 11.6 Å². The first-order valence-corrected chi connectivity index (χ1v) is 6.79. The molecule has 0 aliphatic rings. The fourth-order valence-corrected chi connectivity index (χ4v) is 2.49. The van der Waals surface area contributed by atoms with Gasteiger partial charge in [-0.05, 0) is 33.0 Å². The summed E-state index contributed by atoms with van der Waals surface area (Å²) < 4.78 is 19.1. The minimum Gasteiger partial charge on any atom is -0.361 e. The molecule has 2 aromatic rings. The van der Waals surface area contributed by atoms with Gasteiger partial charge in [-0.1, -0.05) is 22.8 Å². The lowest BCUT2D eigenvalue weighted by Crippen LogP contribution is -2.24. The molecule has 21 heavy (non-hydrogen) atoms. The number of rotatable bonds is 4. The van der Waals surface area contributed by atoms with E-state index in [1.54, 1.807) is 24.9 Å². The van der Waals surface area contributed by atoms with Crippen LogP contribution in [0.15, 0.2) is 22.7 Å². The molecule has 1 unspecified atom stereocenters. The quantitative estimate of drug-likeness (QED) is 0.862. The van der Waals surface area contributed by atoms with Crippen LogP contribution in [-0.4, -0.2) is 17.1 Å². The van der Waals surface area contributed by atoms with Gasteiger partial charge in [0.25, 0.3) is 0 Å². The van der Waals surface area contributed by atoms with Gasteiger partial charge in [0.05, 0.1) is 11.8 Å². The number of hydrogen-bond donors (Lipinski definition) is 0. The summed E-state index contributed by atoms with van der Waals surface area (Å²) in [7, 11) is 1.74. The Hall–Kier alpha value is -1.90. The summed E-state index contributed by atoms with van der Waals surface area (Å²) in [6.07, 6.45) is 0. The first-order valence-electron chi connectivity index (χ1n) is 6.41. The number of aryl methyl sites for hydroxylation is 2. The minimum absolute atomic E-state index is 0.191. The average Bonchev–Trinajstić information content (AvgIpc) is 2.74. The number of benzene rings is 1. The standard InChI is InChI=1S/C15H15ClFN3O/c1-9-11(10(2)21-19-9)8-20(3)14(7-18)15-12(16)5-4-6-13(15)17/h4-6,14H,8H2,1-3H3. The third-order valence-corrected chi connectivity index (χ3v) is 3.75. The van der Waals surface area contributed by atoms with Crippen molar-refractivity contribution in [3.8, 4) is 6.07 Å². The molecule has 0 amide bonds. The molecule has 0 saturated carbocycles. The second kappa shape index (κ2) is 6.25. The predicted molar refractivity (Wildman–Crippen MR) is 77.2 cm³/mol. The number of aromatic nitrogens is 1. The molecule has 0 aliphatic heterocycles. The summed E-state index contributed by atoms with van der Waals surface area (Å²) in [5.41, 5.74) is 1.84. The van der Waals surface area contributed by atoms with E-state index in [0.29, 0.717) is 12.3 Å². The Morgan fingerprint density at radius 2 is 2.19 bits per heavy atom. The van der Waals surface area contributed by atoms with Crippen LogP contribution in [0.3, 0.4) is 0 Å². The van der Waals surface area contributed by atoms with Crippen molar-refractivity contribution < 1.29 is 8.91 Å². The van der Waals surface area contributed by atoms with Crippen molar-refractivity contribution in [2.75, 3.05) is 7.05 Å². The van der Waals surface area contributed by atoms with Crippen LogP contribution in [0.4, 0.5) is 4.39 Å². The third-order valence-electron chi connectivity index (χ3n) is 3.42. The zero-order valence-electron chi connectivity index (χ0n) is 12.0. The molecule has 1 aromatic carbocycles.